The Kier molecular flexibility index (Phi) is 3.18. The second-order valence-corrected chi connectivity index (χ2v) is 4.63. The van der Waals surface area contributed by atoms with Crippen molar-refractivity contribution in [1.29, 1.82) is 0 Å². The standard InChI is InChI=1S/C14H20N2/c1-12(2)14-11-16(10-9-15(14)3)13-7-5-4-6-8-13/h4-8H,9-11H2,1-3H3. The highest BCUT2D eigenvalue weighted by Crippen LogP contribution is 2.21. The Morgan fingerprint density at radius 2 is 1.75 bits per heavy atom. The smallest absolute Gasteiger partial charge is 0.0578 e. The lowest BCUT2D eigenvalue weighted by molar-refractivity contribution is 0.376. The number of hydrogen-bond acceptors (Lipinski definition) is 2. The Morgan fingerprint density at radius 3 is 2.38 bits per heavy atom. The first-order valence-corrected chi connectivity index (χ1v) is 5.86. The van der Waals surface area contributed by atoms with Crippen LogP contribution in [0, 0.1) is 0 Å². The molecule has 1 aliphatic rings. The average molecular weight is 216 g/mol. The molecule has 0 saturated carbocycles. The molecule has 2 rings (SSSR count). The highest BCUT2D eigenvalue weighted by atomic mass is 15.3. The monoisotopic (exact) mass is 216 g/mol. The molecule has 0 radical (unpaired) electrons. The first-order valence-electron chi connectivity index (χ1n) is 5.86. The van der Waals surface area contributed by atoms with Crippen LogP contribution in [0.4, 0.5) is 5.69 Å². The van der Waals surface area contributed by atoms with E-state index in [2.05, 4.69) is 61.0 Å². The van der Waals surface area contributed by atoms with Gasteiger partial charge in [0.15, 0.2) is 0 Å². The van der Waals surface area contributed by atoms with E-state index in [1.807, 2.05) is 0 Å². The zero-order valence-electron chi connectivity index (χ0n) is 10.4. The van der Waals surface area contributed by atoms with E-state index < -0.39 is 0 Å². The number of allylic oxidation sites excluding steroid dienone is 1. The predicted molar refractivity (Wildman–Crippen MR) is 69.7 cm³/mol. The third kappa shape index (κ3) is 2.21. The van der Waals surface area contributed by atoms with Crippen molar-refractivity contribution in [2.75, 3.05) is 31.6 Å². The van der Waals surface area contributed by atoms with Gasteiger partial charge in [0.1, 0.15) is 0 Å². The molecule has 0 aliphatic carbocycles. The number of anilines is 1. The molecule has 0 spiro atoms. The zero-order valence-corrected chi connectivity index (χ0v) is 10.4. The van der Waals surface area contributed by atoms with Crippen molar-refractivity contribution in [2.45, 2.75) is 13.8 Å². The fourth-order valence-electron chi connectivity index (χ4n) is 2.19. The lowest BCUT2D eigenvalue weighted by atomic mass is 10.1. The van der Waals surface area contributed by atoms with Gasteiger partial charge in [0.05, 0.1) is 6.54 Å². The molecular formula is C14H20N2. The zero-order chi connectivity index (χ0) is 11.5. The van der Waals surface area contributed by atoms with Gasteiger partial charge in [0.2, 0.25) is 0 Å². The van der Waals surface area contributed by atoms with Crippen LogP contribution in [0.3, 0.4) is 0 Å². The van der Waals surface area contributed by atoms with Gasteiger partial charge in [-0.25, -0.2) is 0 Å². The van der Waals surface area contributed by atoms with Crippen LogP contribution in [0.25, 0.3) is 0 Å². The van der Waals surface area contributed by atoms with Crippen molar-refractivity contribution in [2.24, 2.45) is 0 Å². The minimum absolute atomic E-state index is 1.03. The van der Waals surface area contributed by atoms with Gasteiger partial charge in [-0.2, -0.15) is 0 Å². The summed E-state index contributed by atoms with van der Waals surface area (Å²) in [6.45, 7) is 7.64. The number of likely N-dealkylation sites (N-methyl/N-ethyl adjacent to an activating group) is 1. The van der Waals surface area contributed by atoms with Gasteiger partial charge in [-0.05, 0) is 26.0 Å². The third-order valence-corrected chi connectivity index (χ3v) is 3.21. The highest BCUT2D eigenvalue weighted by molar-refractivity contribution is 5.48. The molecule has 0 amide bonds. The topological polar surface area (TPSA) is 6.48 Å². The van der Waals surface area contributed by atoms with E-state index in [0.29, 0.717) is 0 Å². The van der Waals surface area contributed by atoms with E-state index in [4.69, 9.17) is 0 Å². The molecule has 1 aromatic carbocycles. The number of rotatable bonds is 1. The minimum Gasteiger partial charge on any atom is -0.375 e. The number of benzene rings is 1. The van der Waals surface area contributed by atoms with Gasteiger partial charge in [-0.3, -0.25) is 0 Å². The number of piperazine rings is 1. The average Bonchev–Trinajstić information content (AvgIpc) is 2.30. The molecule has 86 valence electrons. The molecule has 2 heteroatoms. The van der Waals surface area contributed by atoms with E-state index >= 15 is 0 Å². The van der Waals surface area contributed by atoms with Crippen molar-refractivity contribution in [3.05, 3.63) is 41.6 Å². The third-order valence-electron chi connectivity index (χ3n) is 3.21. The Morgan fingerprint density at radius 1 is 1.06 bits per heavy atom. The fraction of sp³-hybridized carbons (Fsp3) is 0.429. The SMILES string of the molecule is CC(C)=C1CN(c2ccccc2)CCN1C. The van der Waals surface area contributed by atoms with Crippen LogP contribution in [-0.2, 0) is 0 Å². The molecule has 1 saturated heterocycles. The number of nitrogens with zero attached hydrogens (tertiary/aromatic N) is 2. The quantitative estimate of drug-likeness (QED) is 0.712. The summed E-state index contributed by atoms with van der Waals surface area (Å²) in [7, 11) is 2.19. The first kappa shape index (κ1) is 11.1. The Balaban J connectivity index is 2.19. The van der Waals surface area contributed by atoms with Crippen LogP contribution in [-0.4, -0.2) is 31.6 Å². The molecule has 0 N–H and O–H groups in total. The van der Waals surface area contributed by atoms with Gasteiger partial charge in [0, 0.05) is 31.5 Å². The summed E-state index contributed by atoms with van der Waals surface area (Å²) in [6.07, 6.45) is 0. The van der Waals surface area contributed by atoms with Crippen molar-refractivity contribution in [3.8, 4) is 0 Å². The molecule has 0 bridgehead atoms. The van der Waals surface area contributed by atoms with Gasteiger partial charge >= 0.3 is 0 Å². The summed E-state index contributed by atoms with van der Waals surface area (Å²) in [4.78, 5) is 4.82. The van der Waals surface area contributed by atoms with E-state index in [1.54, 1.807) is 0 Å². The van der Waals surface area contributed by atoms with Crippen LogP contribution < -0.4 is 4.90 Å². The Hall–Kier alpha value is -1.44. The molecule has 1 fully saturated rings. The summed E-state index contributed by atoms with van der Waals surface area (Å²) in [5.74, 6) is 0. The van der Waals surface area contributed by atoms with E-state index in [0.717, 1.165) is 19.6 Å². The van der Waals surface area contributed by atoms with Crippen molar-refractivity contribution < 1.29 is 0 Å². The fourth-order valence-corrected chi connectivity index (χ4v) is 2.19. The summed E-state index contributed by atoms with van der Waals surface area (Å²) < 4.78 is 0. The van der Waals surface area contributed by atoms with Crippen LogP contribution in [0.1, 0.15) is 13.8 Å². The normalized spacial score (nSPS) is 16.6. The molecule has 0 unspecified atom stereocenters. The maximum atomic E-state index is 2.45. The summed E-state index contributed by atoms with van der Waals surface area (Å²) in [5, 5.41) is 0. The number of para-hydroxylation sites is 1. The molecule has 1 aromatic rings. The molecule has 1 heterocycles. The van der Waals surface area contributed by atoms with Gasteiger partial charge in [-0.1, -0.05) is 23.8 Å². The van der Waals surface area contributed by atoms with E-state index in [9.17, 15) is 0 Å². The Labute approximate surface area is 98.2 Å². The predicted octanol–water partition coefficient (Wildman–Crippen LogP) is 2.73. The Bertz CT molecular complexity index is 377. The molecule has 1 aliphatic heterocycles. The lowest BCUT2D eigenvalue weighted by Gasteiger charge is -2.38. The summed E-state index contributed by atoms with van der Waals surface area (Å²) in [6, 6.07) is 10.7. The summed E-state index contributed by atoms with van der Waals surface area (Å²) in [5.41, 5.74) is 4.20. The minimum atomic E-state index is 1.03. The maximum absolute atomic E-state index is 2.45. The maximum Gasteiger partial charge on any atom is 0.0578 e. The summed E-state index contributed by atoms with van der Waals surface area (Å²) >= 11 is 0. The van der Waals surface area contributed by atoms with Gasteiger partial charge < -0.3 is 9.80 Å². The molecule has 16 heavy (non-hydrogen) atoms. The highest BCUT2D eigenvalue weighted by Gasteiger charge is 2.18. The molecule has 0 aromatic heterocycles. The van der Waals surface area contributed by atoms with E-state index in [-0.39, 0.29) is 0 Å². The number of hydrogen-bond donors (Lipinski definition) is 0. The lowest BCUT2D eigenvalue weighted by Crippen LogP contribution is -2.43. The molecule has 0 atom stereocenters. The second-order valence-electron chi connectivity index (χ2n) is 4.63. The second kappa shape index (κ2) is 4.60. The first-order chi connectivity index (χ1) is 7.68. The van der Waals surface area contributed by atoms with Crippen molar-refractivity contribution in [3.63, 3.8) is 0 Å². The van der Waals surface area contributed by atoms with Gasteiger partial charge in [-0.15, -0.1) is 0 Å². The van der Waals surface area contributed by atoms with Crippen LogP contribution >= 0.6 is 0 Å². The largest absolute Gasteiger partial charge is 0.375 e. The van der Waals surface area contributed by atoms with Crippen LogP contribution in [0.5, 0.6) is 0 Å². The van der Waals surface area contributed by atoms with Gasteiger partial charge in [0.25, 0.3) is 0 Å². The van der Waals surface area contributed by atoms with Crippen LogP contribution in [0.2, 0.25) is 0 Å². The molecule has 2 nitrogen and oxygen atoms in total. The molecular weight excluding hydrogens is 196 g/mol. The van der Waals surface area contributed by atoms with Crippen molar-refractivity contribution >= 4 is 5.69 Å². The van der Waals surface area contributed by atoms with E-state index in [1.165, 1.54) is 17.0 Å². The van der Waals surface area contributed by atoms with Crippen molar-refractivity contribution in [1.82, 2.24) is 4.90 Å². The van der Waals surface area contributed by atoms with Crippen LogP contribution in [0.15, 0.2) is 41.6 Å².